The molecule has 5 nitrogen and oxygen atoms in total. The first-order valence-corrected chi connectivity index (χ1v) is 7.17. The molecule has 6 heteroatoms. The number of hydrazine groups is 1. The lowest BCUT2D eigenvalue weighted by Gasteiger charge is -2.22. The third-order valence-electron chi connectivity index (χ3n) is 2.91. The molecule has 1 amide bonds. The van der Waals surface area contributed by atoms with Gasteiger partial charge in [-0.15, -0.1) is 11.3 Å². The van der Waals surface area contributed by atoms with Gasteiger partial charge in [0.15, 0.2) is 5.01 Å². The highest BCUT2D eigenvalue weighted by Crippen LogP contribution is 2.29. The molecule has 3 N–H and O–H groups in total. The van der Waals surface area contributed by atoms with Gasteiger partial charge in [0.05, 0.1) is 5.69 Å². The summed E-state index contributed by atoms with van der Waals surface area (Å²) in [6, 6.07) is 0.709. The summed E-state index contributed by atoms with van der Waals surface area (Å²) in [5.41, 5.74) is 3.07. The van der Waals surface area contributed by atoms with Gasteiger partial charge in [-0.05, 0) is 18.8 Å². The van der Waals surface area contributed by atoms with Gasteiger partial charge in [-0.2, -0.15) is 0 Å². The van der Waals surface area contributed by atoms with Gasteiger partial charge in [-0.1, -0.05) is 13.8 Å². The first-order chi connectivity index (χ1) is 8.60. The molecule has 0 unspecified atom stereocenters. The van der Waals surface area contributed by atoms with E-state index in [1.807, 2.05) is 5.38 Å². The van der Waals surface area contributed by atoms with Gasteiger partial charge in [0.2, 0.25) is 0 Å². The molecule has 1 aliphatic rings. The standard InChI is InChI=1S/C12H20N4OS/c1-8(2)5-16(10-3-4-10)6-9-7-18-12(14-9)11(17)15-13/h7-8,10H,3-6,13H2,1-2H3,(H,15,17). The van der Waals surface area contributed by atoms with Crippen molar-refractivity contribution in [2.75, 3.05) is 6.54 Å². The molecule has 0 aliphatic heterocycles. The van der Waals surface area contributed by atoms with Crippen molar-refractivity contribution in [1.82, 2.24) is 15.3 Å². The summed E-state index contributed by atoms with van der Waals surface area (Å²) in [7, 11) is 0. The van der Waals surface area contributed by atoms with E-state index in [1.165, 1.54) is 24.2 Å². The van der Waals surface area contributed by atoms with Crippen LogP contribution in [0.15, 0.2) is 5.38 Å². The molecule has 1 saturated carbocycles. The summed E-state index contributed by atoms with van der Waals surface area (Å²) in [4.78, 5) is 18.1. The molecule has 1 aromatic rings. The maximum Gasteiger partial charge on any atom is 0.294 e. The lowest BCUT2D eigenvalue weighted by Crippen LogP contribution is -2.31. The Kier molecular flexibility index (Phi) is 4.31. The van der Waals surface area contributed by atoms with Gasteiger partial charge < -0.3 is 0 Å². The molecule has 18 heavy (non-hydrogen) atoms. The van der Waals surface area contributed by atoms with Gasteiger partial charge >= 0.3 is 0 Å². The lowest BCUT2D eigenvalue weighted by molar-refractivity contribution is 0.0953. The van der Waals surface area contributed by atoms with Crippen LogP contribution in [0.25, 0.3) is 0 Å². The van der Waals surface area contributed by atoms with Crippen LogP contribution in [0.5, 0.6) is 0 Å². The summed E-state index contributed by atoms with van der Waals surface area (Å²) in [6.45, 7) is 6.37. The fraction of sp³-hybridized carbons (Fsp3) is 0.667. The highest BCUT2D eigenvalue weighted by molar-refractivity contribution is 7.11. The number of nitrogen functional groups attached to an aromatic ring is 1. The number of hydrogen-bond donors (Lipinski definition) is 2. The highest BCUT2D eigenvalue weighted by Gasteiger charge is 2.29. The SMILES string of the molecule is CC(C)CN(Cc1csc(C(=O)NN)n1)C1CC1. The first kappa shape index (κ1) is 13.5. The molecule has 0 radical (unpaired) electrons. The molecular weight excluding hydrogens is 248 g/mol. The predicted octanol–water partition coefficient (Wildman–Crippen LogP) is 1.37. The Labute approximate surface area is 111 Å². The molecule has 100 valence electrons. The summed E-state index contributed by atoms with van der Waals surface area (Å²) < 4.78 is 0. The number of aromatic nitrogens is 1. The molecule has 1 fully saturated rings. The molecular formula is C12H20N4OS. The zero-order chi connectivity index (χ0) is 13.1. The first-order valence-electron chi connectivity index (χ1n) is 6.29. The van der Waals surface area contributed by atoms with Crippen LogP contribution < -0.4 is 11.3 Å². The molecule has 0 spiro atoms. The van der Waals surface area contributed by atoms with Crippen LogP contribution in [-0.4, -0.2) is 28.4 Å². The topological polar surface area (TPSA) is 71.2 Å². The Morgan fingerprint density at radius 3 is 2.94 bits per heavy atom. The summed E-state index contributed by atoms with van der Waals surface area (Å²) in [5, 5.41) is 2.38. The van der Waals surface area contributed by atoms with E-state index in [2.05, 4.69) is 29.2 Å². The van der Waals surface area contributed by atoms with E-state index >= 15 is 0 Å². The Morgan fingerprint density at radius 2 is 2.39 bits per heavy atom. The van der Waals surface area contributed by atoms with E-state index in [-0.39, 0.29) is 5.91 Å². The van der Waals surface area contributed by atoms with Gasteiger partial charge in [0.25, 0.3) is 5.91 Å². The molecule has 0 saturated heterocycles. The average molecular weight is 268 g/mol. The van der Waals surface area contributed by atoms with E-state index < -0.39 is 0 Å². The maximum absolute atomic E-state index is 11.3. The van der Waals surface area contributed by atoms with Crippen molar-refractivity contribution in [1.29, 1.82) is 0 Å². The second-order valence-electron chi connectivity index (χ2n) is 5.17. The Bertz CT molecular complexity index is 414. The summed E-state index contributed by atoms with van der Waals surface area (Å²) >= 11 is 1.35. The average Bonchev–Trinajstić information content (AvgIpc) is 3.08. The van der Waals surface area contributed by atoms with Crippen LogP contribution >= 0.6 is 11.3 Å². The van der Waals surface area contributed by atoms with Crippen molar-refractivity contribution < 1.29 is 4.79 Å². The summed E-state index contributed by atoms with van der Waals surface area (Å²) in [5.74, 6) is 5.43. The molecule has 1 heterocycles. The highest BCUT2D eigenvalue weighted by atomic mass is 32.1. The largest absolute Gasteiger partial charge is 0.294 e. The minimum atomic E-state index is -0.312. The zero-order valence-electron chi connectivity index (χ0n) is 10.8. The number of nitrogens with one attached hydrogen (secondary N) is 1. The van der Waals surface area contributed by atoms with Crippen LogP contribution in [0.1, 0.15) is 42.2 Å². The van der Waals surface area contributed by atoms with E-state index in [4.69, 9.17) is 5.84 Å². The predicted molar refractivity (Wildman–Crippen MR) is 72.0 cm³/mol. The van der Waals surface area contributed by atoms with Crippen molar-refractivity contribution in [3.8, 4) is 0 Å². The van der Waals surface area contributed by atoms with Gasteiger partial charge in [0, 0.05) is 24.5 Å². The third kappa shape index (κ3) is 3.51. The number of nitrogens with zero attached hydrogens (tertiary/aromatic N) is 2. The van der Waals surface area contributed by atoms with E-state index in [0.717, 1.165) is 18.8 Å². The molecule has 0 atom stereocenters. The fourth-order valence-corrected chi connectivity index (χ4v) is 2.72. The number of nitrogens with two attached hydrogens (primary N) is 1. The van der Waals surface area contributed by atoms with E-state index in [0.29, 0.717) is 17.0 Å². The molecule has 1 aromatic heterocycles. The normalized spacial score (nSPS) is 15.4. The Morgan fingerprint density at radius 1 is 1.67 bits per heavy atom. The van der Waals surface area contributed by atoms with Crippen molar-refractivity contribution in [3.63, 3.8) is 0 Å². The van der Waals surface area contributed by atoms with E-state index in [9.17, 15) is 4.79 Å². The monoisotopic (exact) mass is 268 g/mol. The quantitative estimate of drug-likeness (QED) is 0.464. The van der Waals surface area contributed by atoms with Crippen LogP contribution in [0.3, 0.4) is 0 Å². The van der Waals surface area contributed by atoms with Crippen LogP contribution in [-0.2, 0) is 6.54 Å². The maximum atomic E-state index is 11.3. The minimum absolute atomic E-state index is 0.312. The zero-order valence-corrected chi connectivity index (χ0v) is 11.7. The van der Waals surface area contributed by atoms with Crippen LogP contribution in [0, 0.1) is 5.92 Å². The molecule has 0 bridgehead atoms. The van der Waals surface area contributed by atoms with Crippen molar-refractivity contribution in [2.24, 2.45) is 11.8 Å². The smallest absolute Gasteiger partial charge is 0.294 e. The second-order valence-corrected chi connectivity index (χ2v) is 6.03. The molecule has 2 rings (SSSR count). The minimum Gasteiger partial charge on any atom is -0.294 e. The number of hydrogen-bond acceptors (Lipinski definition) is 5. The fourth-order valence-electron chi connectivity index (χ4n) is 2.01. The van der Waals surface area contributed by atoms with Crippen molar-refractivity contribution in [3.05, 3.63) is 16.1 Å². The second kappa shape index (κ2) is 5.77. The van der Waals surface area contributed by atoms with Gasteiger partial charge in [0.1, 0.15) is 0 Å². The Balaban J connectivity index is 1.98. The lowest BCUT2D eigenvalue weighted by atomic mass is 10.2. The number of rotatable bonds is 6. The Hall–Kier alpha value is -0.980. The number of carbonyl (C=O) groups is 1. The molecule has 1 aliphatic carbocycles. The number of carbonyl (C=O) groups excluding carboxylic acids is 1. The summed E-state index contributed by atoms with van der Waals surface area (Å²) in [6.07, 6.45) is 2.57. The van der Waals surface area contributed by atoms with Crippen molar-refractivity contribution in [2.45, 2.75) is 39.3 Å². The third-order valence-corrected chi connectivity index (χ3v) is 3.79. The number of amides is 1. The van der Waals surface area contributed by atoms with Gasteiger partial charge in [-0.3, -0.25) is 15.1 Å². The molecule has 0 aromatic carbocycles. The van der Waals surface area contributed by atoms with E-state index in [1.54, 1.807) is 0 Å². The van der Waals surface area contributed by atoms with Crippen LogP contribution in [0.4, 0.5) is 0 Å². The van der Waals surface area contributed by atoms with Crippen molar-refractivity contribution >= 4 is 17.2 Å². The van der Waals surface area contributed by atoms with Crippen LogP contribution in [0.2, 0.25) is 0 Å². The number of thiazole rings is 1. The van der Waals surface area contributed by atoms with Gasteiger partial charge in [-0.25, -0.2) is 10.8 Å².